The first kappa shape index (κ1) is 14.4. The van der Waals surface area contributed by atoms with E-state index >= 15 is 0 Å². The van der Waals surface area contributed by atoms with E-state index in [0.29, 0.717) is 4.47 Å². The van der Waals surface area contributed by atoms with Crippen molar-refractivity contribution in [1.82, 2.24) is 0 Å². The van der Waals surface area contributed by atoms with Crippen LogP contribution in [-0.4, -0.2) is 27.3 Å². The maximum Gasteiger partial charge on any atom is 0.360 e. The Morgan fingerprint density at radius 2 is 1.76 bits per heavy atom. The van der Waals surface area contributed by atoms with Gasteiger partial charge in [-0.3, -0.25) is 4.57 Å². The average Bonchev–Trinajstić information content (AvgIpc) is 2.36. The van der Waals surface area contributed by atoms with Crippen LogP contribution in [0.3, 0.4) is 0 Å². The van der Waals surface area contributed by atoms with Gasteiger partial charge in [-0.25, -0.2) is 4.79 Å². The summed E-state index contributed by atoms with van der Waals surface area (Å²) in [6, 6.07) is 4.55. The number of rotatable bonds is 4. The quantitative estimate of drug-likeness (QED) is 0.629. The van der Waals surface area contributed by atoms with E-state index in [2.05, 4.69) is 20.7 Å². The molecule has 0 aliphatic carbocycles. The third kappa shape index (κ3) is 3.16. The summed E-state index contributed by atoms with van der Waals surface area (Å²) in [6.45, 7) is 0. The number of carbonyl (C=O) groups is 1. The van der Waals surface area contributed by atoms with Crippen molar-refractivity contribution in [2.75, 3.05) is 21.3 Å². The minimum atomic E-state index is -3.38. The standard InChI is InChI=1S/C10H12BrO5P/c1-14-10(12)7-4-8(11)6-9(5-7)17(13,15-2)16-3/h4-6H,1-3H3. The molecule has 0 spiro atoms. The van der Waals surface area contributed by atoms with Gasteiger partial charge in [0.1, 0.15) is 0 Å². The van der Waals surface area contributed by atoms with E-state index in [1.54, 1.807) is 12.1 Å². The normalized spacial score (nSPS) is 11.3. The van der Waals surface area contributed by atoms with Gasteiger partial charge in [0.15, 0.2) is 0 Å². The molecule has 7 heteroatoms. The van der Waals surface area contributed by atoms with Gasteiger partial charge in [-0.05, 0) is 18.2 Å². The van der Waals surface area contributed by atoms with E-state index in [4.69, 9.17) is 9.05 Å². The summed E-state index contributed by atoms with van der Waals surface area (Å²) in [6.07, 6.45) is 0. The lowest BCUT2D eigenvalue weighted by Gasteiger charge is -2.14. The first-order chi connectivity index (χ1) is 7.96. The average molecular weight is 323 g/mol. The van der Waals surface area contributed by atoms with Crippen molar-refractivity contribution in [1.29, 1.82) is 0 Å². The first-order valence-electron chi connectivity index (χ1n) is 4.58. The molecule has 0 amide bonds. The fourth-order valence-corrected chi connectivity index (χ4v) is 3.09. The molecule has 0 aromatic heterocycles. The number of ether oxygens (including phenoxy) is 1. The number of benzene rings is 1. The zero-order chi connectivity index (χ0) is 13.1. The maximum absolute atomic E-state index is 12.2. The molecule has 17 heavy (non-hydrogen) atoms. The van der Waals surface area contributed by atoms with Gasteiger partial charge in [-0.1, -0.05) is 15.9 Å². The van der Waals surface area contributed by atoms with Gasteiger partial charge in [-0.2, -0.15) is 0 Å². The number of esters is 1. The van der Waals surface area contributed by atoms with Crippen LogP contribution in [0.25, 0.3) is 0 Å². The fourth-order valence-electron chi connectivity index (χ4n) is 1.25. The van der Waals surface area contributed by atoms with Gasteiger partial charge in [0, 0.05) is 18.7 Å². The fraction of sp³-hybridized carbons (Fsp3) is 0.300. The van der Waals surface area contributed by atoms with Gasteiger partial charge < -0.3 is 13.8 Å². The number of hydrogen-bond donors (Lipinski definition) is 0. The molecular formula is C10H12BrO5P. The van der Waals surface area contributed by atoms with E-state index in [9.17, 15) is 9.36 Å². The summed E-state index contributed by atoms with van der Waals surface area (Å²) in [5, 5.41) is 0.289. The van der Waals surface area contributed by atoms with Crippen LogP contribution in [-0.2, 0) is 18.3 Å². The Labute approximate surface area is 108 Å². The zero-order valence-electron chi connectivity index (χ0n) is 9.60. The van der Waals surface area contributed by atoms with Crippen LogP contribution in [0.5, 0.6) is 0 Å². The first-order valence-corrected chi connectivity index (χ1v) is 6.91. The van der Waals surface area contributed by atoms with Crippen molar-refractivity contribution in [3.05, 3.63) is 28.2 Å². The van der Waals surface area contributed by atoms with E-state index in [0.717, 1.165) is 0 Å². The molecule has 0 unspecified atom stereocenters. The monoisotopic (exact) mass is 322 g/mol. The van der Waals surface area contributed by atoms with E-state index < -0.39 is 13.6 Å². The van der Waals surface area contributed by atoms with Crippen LogP contribution >= 0.6 is 23.5 Å². The Balaban J connectivity index is 3.31. The Kier molecular flexibility index (Phi) is 4.89. The van der Waals surface area contributed by atoms with E-state index in [1.807, 2.05) is 0 Å². The van der Waals surface area contributed by atoms with Crippen molar-refractivity contribution < 1.29 is 23.1 Å². The largest absolute Gasteiger partial charge is 0.465 e. The van der Waals surface area contributed by atoms with Crippen LogP contribution < -0.4 is 5.30 Å². The van der Waals surface area contributed by atoms with Crippen LogP contribution in [0.1, 0.15) is 10.4 Å². The van der Waals surface area contributed by atoms with Crippen LogP contribution in [0, 0.1) is 0 Å². The third-order valence-corrected chi connectivity index (χ3v) is 4.41. The highest BCUT2D eigenvalue weighted by Crippen LogP contribution is 2.45. The van der Waals surface area contributed by atoms with Gasteiger partial charge >= 0.3 is 13.6 Å². The Bertz CT molecular complexity index is 466. The summed E-state index contributed by atoms with van der Waals surface area (Å²) in [5.41, 5.74) is 0.270. The minimum Gasteiger partial charge on any atom is -0.465 e. The molecule has 0 bridgehead atoms. The molecule has 5 nitrogen and oxygen atoms in total. The molecule has 0 N–H and O–H groups in total. The van der Waals surface area contributed by atoms with E-state index in [-0.39, 0.29) is 10.9 Å². The molecule has 1 rings (SSSR count). The number of hydrogen-bond acceptors (Lipinski definition) is 5. The molecule has 0 aliphatic rings. The second-order valence-corrected chi connectivity index (χ2v) is 6.21. The molecule has 0 saturated heterocycles. The number of methoxy groups -OCH3 is 1. The molecule has 0 saturated carbocycles. The highest BCUT2D eigenvalue weighted by atomic mass is 79.9. The third-order valence-electron chi connectivity index (χ3n) is 2.10. The van der Waals surface area contributed by atoms with Crippen LogP contribution in [0.15, 0.2) is 22.7 Å². The van der Waals surface area contributed by atoms with Gasteiger partial charge in [0.25, 0.3) is 0 Å². The number of halogens is 1. The highest BCUT2D eigenvalue weighted by Gasteiger charge is 2.26. The Hall–Kier alpha value is -0.680. The molecule has 0 aliphatic heterocycles. The Morgan fingerprint density at radius 3 is 2.24 bits per heavy atom. The molecular weight excluding hydrogens is 311 g/mol. The highest BCUT2D eigenvalue weighted by molar-refractivity contribution is 9.10. The Morgan fingerprint density at radius 1 is 1.18 bits per heavy atom. The summed E-state index contributed by atoms with van der Waals surface area (Å²) in [7, 11) is 0.459. The lowest BCUT2D eigenvalue weighted by atomic mass is 10.2. The topological polar surface area (TPSA) is 61.8 Å². The van der Waals surface area contributed by atoms with Gasteiger partial charge in [0.05, 0.1) is 18.0 Å². The molecule has 1 aromatic rings. The summed E-state index contributed by atoms with van der Waals surface area (Å²) in [5.74, 6) is -0.522. The second-order valence-electron chi connectivity index (χ2n) is 3.05. The van der Waals surface area contributed by atoms with Gasteiger partial charge in [0.2, 0.25) is 0 Å². The van der Waals surface area contributed by atoms with Crippen molar-refractivity contribution >= 4 is 34.8 Å². The predicted octanol–water partition coefficient (Wildman–Crippen LogP) is 2.35. The van der Waals surface area contributed by atoms with E-state index in [1.165, 1.54) is 27.4 Å². The number of carbonyl (C=O) groups excluding carboxylic acids is 1. The van der Waals surface area contributed by atoms with Crippen molar-refractivity contribution in [2.24, 2.45) is 0 Å². The molecule has 0 atom stereocenters. The smallest absolute Gasteiger partial charge is 0.360 e. The lowest BCUT2D eigenvalue weighted by molar-refractivity contribution is 0.0601. The van der Waals surface area contributed by atoms with Crippen molar-refractivity contribution in [2.45, 2.75) is 0 Å². The van der Waals surface area contributed by atoms with Gasteiger partial charge in [-0.15, -0.1) is 0 Å². The minimum absolute atomic E-state index is 0.270. The maximum atomic E-state index is 12.2. The summed E-state index contributed by atoms with van der Waals surface area (Å²) < 4.78 is 27.0. The van der Waals surface area contributed by atoms with Crippen LogP contribution in [0.2, 0.25) is 0 Å². The molecule has 0 heterocycles. The molecule has 94 valence electrons. The zero-order valence-corrected chi connectivity index (χ0v) is 12.1. The SMILES string of the molecule is COC(=O)c1cc(Br)cc(P(=O)(OC)OC)c1. The molecule has 1 aromatic carbocycles. The van der Waals surface area contributed by atoms with Crippen molar-refractivity contribution in [3.63, 3.8) is 0 Å². The van der Waals surface area contributed by atoms with Crippen LogP contribution in [0.4, 0.5) is 0 Å². The summed E-state index contributed by atoms with van der Waals surface area (Å²) >= 11 is 3.22. The van der Waals surface area contributed by atoms with Crippen molar-refractivity contribution in [3.8, 4) is 0 Å². The second kappa shape index (κ2) is 5.78. The summed E-state index contributed by atoms with van der Waals surface area (Å²) in [4.78, 5) is 11.4. The lowest BCUT2D eigenvalue weighted by Crippen LogP contribution is -2.12. The molecule has 0 radical (unpaired) electrons. The predicted molar refractivity (Wildman–Crippen MR) is 66.7 cm³/mol. The molecule has 0 fully saturated rings.